The Labute approximate surface area is 230 Å². The molecule has 0 aliphatic heterocycles. The van der Waals surface area contributed by atoms with Gasteiger partial charge in [0.2, 0.25) is 0 Å². The Balaban J connectivity index is 0.00000324. The number of aliphatic hydroxyl groups is 2. The van der Waals surface area contributed by atoms with Crippen molar-refractivity contribution in [2.75, 3.05) is 12.4 Å². The van der Waals surface area contributed by atoms with Crippen LogP contribution >= 0.6 is 10.8 Å². The Morgan fingerprint density at radius 1 is 1.06 bits per heavy atom. The second-order valence-corrected chi connectivity index (χ2v) is 14.8. The number of hydrogen-bond donors (Lipinski definition) is 2. The molecule has 0 heterocycles. The van der Waals surface area contributed by atoms with Gasteiger partial charge in [0.05, 0.1) is 12.4 Å². The van der Waals surface area contributed by atoms with E-state index in [9.17, 15) is 22.9 Å². The second-order valence-electron chi connectivity index (χ2n) is 11.5. The Morgan fingerprint density at radius 3 is 2.44 bits per heavy atom. The van der Waals surface area contributed by atoms with Gasteiger partial charge < -0.3 is 14.8 Å². The van der Waals surface area contributed by atoms with Gasteiger partial charge in [-0.05, 0) is 103 Å². The maximum Gasteiger partial charge on any atom is 1.00 e. The average molecular weight is 521 g/mol. The fourth-order valence-electron chi connectivity index (χ4n) is 8.40. The Bertz CT molecular complexity index is 945. The summed E-state index contributed by atoms with van der Waals surface area (Å²) in [5.74, 6) is 7.56. The molecule has 0 aromatic heterocycles. The van der Waals surface area contributed by atoms with Gasteiger partial charge in [0.1, 0.15) is 20.5 Å². The largest absolute Gasteiger partial charge is 1.00 e. The molecule has 4 saturated carbocycles. The van der Waals surface area contributed by atoms with E-state index < -0.39 is 14.8 Å². The van der Waals surface area contributed by atoms with Gasteiger partial charge in [-0.3, -0.25) is 4.79 Å². The molecule has 0 bridgehead atoms. The van der Waals surface area contributed by atoms with Gasteiger partial charge in [-0.2, -0.15) is 0 Å². The number of Topliss-reactive ketones (excluding diaryl/α,β-unsaturated/α-hetero) is 1. The second kappa shape index (κ2) is 10.6. The molecule has 2 N–H and O–H groups in total. The van der Waals surface area contributed by atoms with E-state index in [1.165, 1.54) is 0 Å². The molecule has 34 heavy (non-hydrogen) atoms. The van der Waals surface area contributed by atoms with Gasteiger partial charge in [-0.1, -0.05) is 25.7 Å². The van der Waals surface area contributed by atoms with Crippen LogP contribution in [0.1, 0.15) is 78.1 Å². The number of carbonyl (C=O) groups excluding carboxylic acids is 1. The summed E-state index contributed by atoms with van der Waals surface area (Å²) in [4.78, 5) is 12.9. The summed E-state index contributed by atoms with van der Waals surface area (Å²) in [6.07, 6.45) is 8.72. The van der Waals surface area contributed by atoms with E-state index in [-0.39, 0.29) is 75.2 Å². The van der Waals surface area contributed by atoms with Crippen LogP contribution in [-0.4, -0.2) is 46.9 Å². The number of hydrogen-bond acceptors (Lipinski definition) is 7. The SMILES string of the molecule is C[C@]12CCC3C(CC[C@@H]4C[C@@](O)(C#CCCO)CC[C@]34C)C1CC[C@@H]2C(=O)CSS(=O)(=O)[O-].[Na+]. The molecule has 8 atom stereocenters. The minimum atomic E-state index is -4.45. The van der Waals surface area contributed by atoms with Crippen LogP contribution in [0.5, 0.6) is 0 Å². The summed E-state index contributed by atoms with van der Waals surface area (Å²) in [6, 6.07) is 0. The molecule has 4 rings (SSSR count). The molecule has 0 saturated heterocycles. The number of rotatable bonds is 5. The summed E-state index contributed by atoms with van der Waals surface area (Å²) in [5, 5.41) is 20.1. The molecule has 4 aliphatic carbocycles. The van der Waals surface area contributed by atoms with Crippen LogP contribution in [0.3, 0.4) is 0 Å². The van der Waals surface area contributed by atoms with Crippen molar-refractivity contribution in [3.63, 3.8) is 0 Å². The maximum atomic E-state index is 12.9. The molecule has 6 nitrogen and oxygen atoms in total. The third kappa shape index (κ3) is 5.48. The van der Waals surface area contributed by atoms with Crippen molar-refractivity contribution in [2.24, 2.45) is 40.4 Å². The zero-order chi connectivity index (χ0) is 24.1. The number of ketones is 1. The zero-order valence-electron chi connectivity index (χ0n) is 20.7. The molecule has 4 aliphatic rings. The summed E-state index contributed by atoms with van der Waals surface area (Å²) >= 11 is 0. The molecule has 186 valence electrons. The summed E-state index contributed by atoms with van der Waals surface area (Å²) in [6.45, 7) is 4.65. The molecular weight excluding hydrogens is 483 g/mol. The van der Waals surface area contributed by atoms with Crippen LogP contribution in [0.4, 0.5) is 0 Å². The Kier molecular flexibility index (Phi) is 9.07. The summed E-state index contributed by atoms with van der Waals surface area (Å²) in [7, 11) is -4.22. The van der Waals surface area contributed by atoms with Crippen molar-refractivity contribution in [3.8, 4) is 11.8 Å². The molecule has 3 unspecified atom stereocenters. The molecule has 4 fully saturated rings. The van der Waals surface area contributed by atoms with Crippen molar-refractivity contribution in [1.29, 1.82) is 0 Å². The number of carbonyl (C=O) groups is 1. The monoisotopic (exact) mass is 520 g/mol. The van der Waals surface area contributed by atoms with Gasteiger partial charge in [0.25, 0.3) is 0 Å². The van der Waals surface area contributed by atoms with Gasteiger partial charge in [0, 0.05) is 12.3 Å². The normalized spacial score (nSPS) is 43.4. The van der Waals surface area contributed by atoms with Crippen LogP contribution in [0.25, 0.3) is 0 Å². The summed E-state index contributed by atoms with van der Waals surface area (Å²) in [5.41, 5.74) is -0.886. The van der Waals surface area contributed by atoms with Crippen LogP contribution in [0.15, 0.2) is 0 Å². The van der Waals surface area contributed by atoms with E-state index in [0.717, 1.165) is 44.9 Å². The van der Waals surface area contributed by atoms with Crippen LogP contribution in [-0.2, 0) is 13.9 Å². The van der Waals surface area contributed by atoms with Crippen LogP contribution < -0.4 is 29.6 Å². The third-order valence-electron chi connectivity index (χ3n) is 10.0. The van der Waals surface area contributed by atoms with Gasteiger partial charge in [0.15, 0.2) is 0 Å². The van der Waals surface area contributed by atoms with Gasteiger partial charge in [-0.15, -0.1) is 0 Å². The maximum absolute atomic E-state index is 12.9. The van der Waals surface area contributed by atoms with Gasteiger partial charge in [-0.25, -0.2) is 8.42 Å². The van der Waals surface area contributed by atoms with E-state index >= 15 is 0 Å². The average Bonchev–Trinajstić information content (AvgIpc) is 3.10. The Hall–Kier alpha value is 0.410. The number of aliphatic hydroxyl groups excluding tert-OH is 1. The smallest absolute Gasteiger partial charge is 0.739 e. The summed E-state index contributed by atoms with van der Waals surface area (Å²) < 4.78 is 33.0. The van der Waals surface area contributed by atoms with E-state index in [0.29, 0.717) is 42.9 Å². The topological polar surface area (TPSA) is 115 Å². The van der Waals surface area contributed by atoms with E-state index in [1.807, 2.05) is 0 Å². The fourth-order valence-corrected chi connectivity index (χ4v) is 9.64. The molecule has 0 amide bonds. The molecule has 9 heteroatoms. The fraction of sp³-hybridized carbons (Fsp3) is 0.880. The third-order valence-corrected chi connectivity index (χ3v) is 11.9. The first kappa shape index (κ1) is 29.0. The van der Waals surface area contributed by atoms with Crippen molar-refractivity contribution in [2.45, 2.75) is 83.7 Å². The minimum Gasteiger partial charge on any atom is -0.739 e. The zero-order valence-corrected chi connectivity index (χ0v) is 24.3. The van der Waals surface area contributed by atoms with Crippen LogP contribution in [0.2, 0.25) is 0 Å². The minimum absolute atomic E-state index is 0. The first-order valence-corrected chi connectivity index (χ1v) is 15.3. The predicted molar refractivity (Wildman–Crippen MR) is 127 cm³/mol. The standard InChI is InChI=1S/C25H38O6S2.Na/c1-23-12-13-25(28,10-3-4-14-26)15-17(23)5-6-18-19-7-8-21(22(27)16-32-33(29,30)31)24(19,2)11-9-20(18)23;/h17-21,26,28H,4-9,11-16H2,1-2H3,(H,29,30,31);/q;+1/p-1/t17-,18?,19?,20?,21-,23+,24+,25-;/m1./s1. The van der Waals surface area contributed by atoms with Crippen molar-refractivity contribution in [1.82, 2.24) is 0 Å². The van der Waals surface area contributed by atoms with E-state index in [1.54, 1.807) is 0 Å². The van der Waals surface area contributed by atoms with Crippen molar-refractivity contribution in [3.05, 3.63) is 0 Å². The van der Waals surface area contributed by atoms with Crippen LogP contribution in [0, 0.1) is 52.3 Å². The quantitative estimate of drug-likeness (QED) is 0.235. The molecule has 0 spiro atoms. The molecule has 0 radical (unpaired) electrons. The number of fused-ring (bicyclic) bond motifs is 5. The first-order valence-electron chi connectivity index (χ1n) is 12.4. The Morgan fingerprint density at radius 2 is 1.76 bits per heavy atom. The predicted octanol–water partition coefficient (Wildman–Crippen LogP) is 0.529. The van der Waals surface area contributed by atoms with Gasteiger partial charge >= 0.3 is 29.6 Å². The van der Waals surface area contributed by atoms with E-state index in [2.05, 4.69) is 25.7 Å². The first-order chi connectivity index (χ1) is 15.4. The van der Waals surface area contributed by atoms with E-state index in [4.69, 9.17) is 5.11 Å². The molecular formula is C25H37NaO6S2. The molecule has 0 aromatic rings. The van der Waals surface area contributed by atoms with Crippen molar-refractivity contribution < 1.29 is 57.5 Å². The van der Waals surface area contributed by atoms with Crippen molar-refractivity contribution >= 4 is 25.7 Å². The molecule has 0 aromatic carbocycles.